The van der Waals surface area contributed by atoms with Crippen molar-refractivity contribution in [3.05, 3.63) is 71.5 Å². The molecule has 1 unspecified atom stereocenters. The molecular weight excluding hydrogens is 414 g/mol. The monoisotopic (exact) mass is 447 g/mol. The number of carbonyl (C=O) groups is 1. The molecule has 2 heterocycles. The fraction of sp³-hybridized carbons (Fsp3) is 0.385. The topological polar surface area (TPSA) is 87.1 Å². The molecule has 174 valence electrons. The summed E-state index contributed by atoms with van der Waals surface area (Å²) >= 11 is 0. The molecule has 0 saturated carbocycles. The fourth-order valence-corrected chi connectivity index (χ4v) is 4.52. The largest absolute Gasteiger partial charge is 0.459 e. The highest BCUT2D eigenvalue weighted by Gasteiger charge is 2.23. The summed E-state index contributed by atoms with van der Waals surface area (Å²) in [6.07, 6.45) is 1.92. The number of carbonyl (C=O) groups excluding carboxylic acids is 1. The van der Waals surface area contributed by atoms with Crippen LogP contribution in [0.3, 0.4) is 0 Å². The third-order valence-corrected chi connectivity index (χ3v) is 6.20. The summed E-state index contributed by atoms with van der Waals surface area (Å²) in [6, 6.07) is 18.7. The minimum Gasteiger partial charge on any atom is -0.459 e. The van der Waals surface area contributed by atoms with Crippen molar-refractivity contribution >= 4 is 22.8 Å². The van der Waals surface area contributed by atoms with Gasteiger partial charge in [0.1, 0.15) is 11.3 Å². The summed E-state index contributed by atoms with van der Waals surface area (Å²) < 4.78 is 5.95. The molecule has 0 aliphatic carbocycles. The molecule has 1 aliphatic rings. The minimum atomic E-state index is -0.184. The van der Waals surface area contributed by atoms with E-state index >= 15 is 0 Å². The number of nitrogens with one attached hydrogen (secondary N) is 1. The van der Waals surface area contributed by atoms with Crippen LogP contribution in [0, 0.1) is 5.92 Å². The number of furan rings is 1. The highest BCUT2D eigenvalue weighted by molar-refractivity contribution is 5.80. The number of likely N-dealkylation sites (tertiary alicyclic amines) is 1. The van der Waals surface area contributed by atoms with Crippen LogP contribution in [0.1, 0.15) is 29.7 Å². The lowest BCUT2D eigenvalue weighted by Crippen LogP contribution is -2.40. The van der Waals surface area contributed by atoms with Gasteiger partial charge in [0.25, 0.3) is 0 Å². The molecule has 33 heavy (non-hydrogen) atoms. The van der Waals surface area contributed by atoms with Crippen molar-refractivity contribution in [1.29, 1.82) is 0 Å². The number of para-hydroxylation sites is 1. The van der Waals surface area contributed by atoms with Crippen molar-refractivity contribution < 1.29 is 9.21 Å². The summed E-state index contributed by atoms with van der Waals surface area (Å²) in [4.78, 5) is 20.4. The number of benzene rings is 2. The van der Waals surface area contributed by atoms with Crippen molar-refractivity contribution in [2.75, 3.05) is 27.2 Å². The molecule has 3 N–H and O–H groups in total. The first-order valence-corrected chi connectivity index (χ1v) is 11.5. The molecule has 0 radical (unpaired) electrons. The third kappa shape index (κ3) is 5.93. The van der Waals surface area contributed by atoms with Crippen LogP contribution in [-0.2, 0) is 24.4 Å². The maximum Gasteiger partial charge on any atom is 0.221 e. The Kier molecular flexibility index (Phi) is 7.29. The van der Waals surface area contributed by atoms with E-state index in [1.54, 1.807) is 7.05 Å². The highest BCUT2D eigenvalue weighted by atomic mass is 16.3. The molecule has 1 amide bonds. The van der Waals surface area contributed by atoms with E-state index in [4.69, 9.17) is 10.2 Å². The quantitative estimate of drug-likeness (QED) is 0.429. The summed E-state index contributed by atoms with van der Waals surface area (Å²) in [5, 5.41) is 4.56. The fourth-order valence-electron chi connectivity index (χ4n) is 4.52. The molecule has 7 heteroatoms. The number of hydrogen-bond donors (Lipinski definition) is 2. The molecule has 1 fully saturated rings. The Morgan fingerprint density at radius 3 is 2.82 bits per heavy atom. The van der Waals surface area contributed by atoms with Gasteiger partial charge in [-0.05, 0) is 42.6 Å². The van der Waals surface area contributed by atoms with Crippen molar-refractivity contribution in [1.82, 2.24) is 15.1 Å². The van der Waals surface area contributed by atoms with Gasteiger partial charge < -0.3 is 20.4 Å². The van der Waals surface area contributed by atoms with Crippen molar-refractivity contribution in [3.63, 3.8) is 0 Å². The number of nitrogens with zero attached hydrogens (tertiary/aromatic N) is 3. The van der Waals surface area contributed by atoms with E-state index in [0.29, 0.717) is 13.1 Å². The van der Waals surface area contributed by atoms with Crippen molar-refractivity contribution in [2.45, 2.75) is 32.5 Å². The van der Waals surface area contributed by atoms with Crippen LogP contribution >= 0.6 is 0 Å². The van der Waals surface area contributed by atoms with Crippen LogP contribution in [0.4, 0.5) is 0 Å². The van der Waals surface area contributed by atoms with Crippen LogP contribution < -0.4 is 11.1 Å². The number of piperidine rings is 1. The normalized spacial score (nSPS) is 17.3. The van der Waals surface area contributed by atoms with E-state index in [2.05, 4.69) is 56.5 Å². The minimum absolute atomic E-state index is 0.0331. The molecule has 2 aromatic carbocycles. The van der Waals surface area contributed by atoms with Crippen molar-refractivity contribution in [2.24, 2.45) is 16.6 Å². The summed E-state index contributed by atoms with van der Waals surface area (Å²) in [5.41, 5.74) is 8.85. The average Bonchev–Trinajstić information content (AvgIpc) is 3.22. The summed E-state index contributed by atoms with van der Waals surface area (Å²) in [7, 11) is 3.80. The van der Waals surface area contributed by atoms with Crippen LogP contribution in [0.25, 0.3) is 11.0 Å². The Morgan fingerprint density at radius 2 is 2.03 bits per heavy atom. The molecule has 7 nitrogen and oxygen atoms in total. The van der Waals surface area contributed by atoms with Crippen LogP contribution in [0.5, 0.6) is 0 Å². The zero-order chi connectivity index (χ0) is 23.2. The van der Waals surface area contributed by atoms with Gasteiger partial charge in [-0.2, -0.15) is 0 Å². The second-order valence-corrected chi connectivity index (χ2v) is 8.80. The number of amides is 1. The Bertz CT molecular complexity index is 1090. The molecule has 1 aromatic heterocycles. The van der Waals surface area contributed by atoms with Gasteiger partial charge >= 0.3 is 0 Å². The second-order valence-electron chi connectivity index (χ2n) is 8.80. The van der Waals surface area contributed by atoms with E-state index in [-0.39, 0.29) is 11.8 Å². The maximum atomic E-state index is 11.6. The Balaban J connectivity index is 1.33. The van der Waals surface area contributed by atoms with Crippen LogP contribution in [0.2, 0.25) is 0 Å². The number of hydrogen-bond acceptors (Lipinski definition) is 4. The first kappa shape index (κ1) is 22.9. The van der Waals surface area contributed by atoms with E-state index in [1.807, 2.05) is 25.2 Å². The Labute approximate surface area is 195 Å². The third-order valence-electron chi connectivity index (χ3n) is 6.20. The number of aliphatic imine (C=N–C) groups is 1. The zero-order valence-corrected chi connectivity index (χ0v) is 19.5. The molecule has 1 saturated heterocycles. The van der Waals surface area contributed by atoms with E-state index in [0.717, 1.165) is 55.2 Å². The van der Waals surface area contributed by atoms with Gasteiger partial charge in [-0.25, -0.2) is 0 Å². The van der Waals surface area contributed by atoms with Gasteiger partial charge in [0.05, 0.1) is 12.5 Å². The van der Waals surface area contributed by atoms with Gasteiger partial charge in [-0.1, -0.05) is 42.5 Å². The average molecular weight is 448 g/mol. The van der Waals surface area contributed by atoms with Gasteiger partial charge in [-0.3, -0.25) is 14.7 Å². The first-order valence-electron chi connectivity index (χ1n) is 11.5. The van der Waals surface area contributed by atoms with Crippen molar-refractivity contribution in [3.8, 4) is 0 Å². The van der Waals surface area contributed by atoms with Crippen LogP contribution in [-0.4, -0.2) is 48.9 Å². The van der Waals surface area contributed by atoms with E-state index in [1.165, 1.54) is 11.1 Å². The molecule has 4 rings (SSSR count). The highest BCUT2D eigenvalue weighted by Crippen LogP contribution is 2.20. The van der Waals surface area contributed by atoms with Gasteiger partial charge in [0, 0.05) is 39.1 Å². The van der Waals surface area contributed by atoms with E-state index < -0.39 is 0 Å². The Hall–Kier alpha value is -3.32. The number of guanidine groups is 1. The molecular formula is C26H33N5O2. The molecule has 3 aromatic rings. The number of rotatable bonds is 7. The molecule has 1 aliphatic heterocycles. The first-order chi connectivity index (χ1) is 16.0. The second kappa shape index (κ2) is 10.5. The standard InChI is InChI=1S/C26H33N5O2/c1-28-26(30(2)18-23-14-21-9-3-4-11-24(21)33-23)29-15-19-7-5-8-20(13-19)16-31-12-6-10-22(17-31)25(27)32/h3-5,7-9,11,13-14,22H,6,10,12,15-18H2,1-2H3,(H2,27,32)(H,28,29). The molecule has 0 bridgehead atoms. The molecule has 1 atom stereocenters. The lowest BCUT2D eigenvalue weighted by atomic mass is 9.97. The SMILES string of the molecule is CN=C(NCc1cccc(CN2CCCC(C(N)=O)C2)c1)N(C)Cc1cc2ccccc2o1. The summed E-state index contributed by atoms with van der Waals surface area (Å²) in [6.45, 7) is 3.89. The predicted molar refractivity (Wildman–Crippen MR) is 132 cm³/mol. The lowest BCUT2D eigenvalue weighted by Gasteiger charge is -2.31. The molecule has 0 spiro atoms. The van der Waals surface area contributed by atoms with E-state index in [9.17, 15) is 4.79 Å². The number of fused-ring (bicyclic) bond motifs is 1. The van der Waals surface area contributed by atoms with Gasteiger partial charge in [0.15, 0.2) is 5.96 Å². The van der Waals surface area contributed by atoms with Gasteiger partial charge in [-0.15, -0.1) is 0 Å². The lowest BCUT2D eigenvalue weighted by molar-refractivity contribution is -0.123. The maximum absolute atomic E-state index is 11.6. The summed E-state index contributed by atoms with van der Waals surface area (Å²) in [5.74, 6) is 1.49. The Morgan fingerprint density at radius 1 is 1.21 bits per heavy atom. The van der Waals surface area contributed by atoms with Crippen LogP contribution in [0.15, 0.2) is 64.0 Å². The number of primary amides is 1. The predicted octanol–water partition coefficient (Wildman–Crippen LogP) is 3.34. The van der Waals surface area contributed by atoms with Gasteiger partial charge in [0.2, 0.25) is 5.91 Å². The smallest absolute Gasteiger partial charge is 0.221 e. The number of nitrogens with two attached hydrogens (primary N) is 1. The zero-order valence-electron chi connectivity index (χ0n) is 19.5.